The molecule has 1 aliphatic heterocycles. The summed E-state index contributed by atoms with van der Waals surface area (Å²) in [6.07, 6.45) is 1.59. The summed E-state index contributed by atoms with van der Waals surface area (Å²) in [5, 5.41) is 12.6. The molecule has 1 heterocycles. The van der Waals surface area contributed by atoms with Gasteiger partial charge in [0.05, 0.1) is 0 Å². The van der Waals surface area contributed by atoms with Gasteiger partial charge in [0.15, 0.2) is 0 Å². The topological polar surface area (TPSA) is 59.4 Å². The minimum absolute atomic E-state index is 0.0342. The zero-order chi connectivity index (χ0) is 20.1. The molecule has 0 aliphatic carbocycles. The fourth-order valence-electron chi connectivity index (χ4n) is 2.95. The Labute approximate surface area is 168 Å². The maximum Gasteiger partial charge on any atom is 0.267 e. The van der Waals surface area contributed by atoms with E-state index >= 15 is 0 Å². The molecule has 2 aromatic carbocycles. The van der Waals surface area contributed by atoms with Crippen molar-refractivity contribution in [3.63, 3.8) is 0 Å². The maximum absolute atomic E-state index is 13.1. The molecule has 1 saturated heterocycles. The SMILES string of the molecule is Cc1ccc(NC(=O)/C(C#N)=C\N2CCN(c3ccc(F)cc3)CC2)cc1Cl. The number of piperazine rings is 1. The molecule has 3 rings (SSSR count). The van der Waals surface area contributed by atoms with E-state index in [-0.39, 0.29) is 11.4 Å². The van der Waals surface area contributed by atoms with E-state index in [2.05, 4.69) is 10.2 Å². The van der Waals surface area contributed by atoms with Crippen LogP contribution in [0.25, 0.3) is 0 Å². The number of rotatable bonds is 4. The highest BCUT2D eigenvalue weighted by molar-refractivity contribution is 6.31. The number of halogens is 2. The third-order valence-electron chi connectivity index (χ3n) is 4.61. The zero-order valence-corrected chi connectivity index (χ0v) is 16.2. The van der Waals surface area contributed by atoms with E-state index in [4.69, 9.17) is 11.6 Å². The van der Waals surface area contributed by atoms with Crippen LogP contribution in [0.15, 0.2) is 54.2 Å². The Morgan fingerprint density at radius 2 is 1.86 bits per heavy atom. The lowest BCUT2D eigenvalue weighted by Crippen LogP contribution is -2.44. The van der Waals surface area contributed by atoms with Crippen molar-refractivity contribution in [2.24, 2.45) is 0 Å². The first-order valence-electron chi connectivity index (χ1n) is 8.90. The molecule has 1 N–H and O–H groups in total. The molecule has 0 unspecified atom stereocenters. The zero-order valence-electron chi connectivity index (χ0n) is 15.5. The van der Waals surface area contributed by atoms with Crippen molar-refractivity contribution in [1.29, 1.82) is 5.26 Å². The fourth-order valence-corrected chi connectivity index (χ4v) is 3.13. The molecule has 0 spiro atoms. The third kappa shape index (κ3) is 4.81. The van der Waals surface area contributed by atoms with Crippen LogP contribution in [-0.4, -0.2) is 37.0 Å². The first-order chi connectivity index (χ1) is 13.5. The van der Waals surface area contributed by atoms with Crippen molar-refractivity contribution >= 4 is 28.9 Å². The van der Waals surface area contributed by atoms with Gasteiger partial charge in [0.25, 0.3) is 5.91 Å². The Bertz CT molecular complexity index is 928. The van der Waals surface area contributed by atoms with Gasteiger partial charge < -0.3 is 15.1 Å². The monoisotopic (exact) mass is 398 g/mol. The summed E-state index contributed by atoms with van der Waals surface area (Å²) in [5.74, 6) is -0.728. The van der Waals surface area contributed by atoms with Crippen LogP contribution in [0.3, 0.4) is 0 Å². The molecule has 0 bridgehead atoms. The Hall–Kier alpha value is -3.04. The second kappa shape index (κ2) is 8.77. The van der Waals surface area contributed by atoms with Crippen LogP contribution in [0.2, 0.25) is 5.02 Å². The Morgan fingerprint density at radius 1 is 1.18 bits per heavy atom. The molecule has 5 nitrogen and oxygen atoms in total. The summed E-state index contributed by atoms with van der Waals surface area (Å²) < 4.78 is 13.1. The Morgan fingerprint density at radius 3 is 2.46 bits per heavy atom. The van der Waals surface area contributed by atoms with Crippen molar-refractivity contribution in [1.82, 2.24) is 4.90 Å². The Balaban J connectivity index is 1.61. The summed E-state index contributed by atoms with van der Waals surface area (Å²) in [6.45, 7) is 4.63. The molecule has 0 radical (unpaired) electrons. The molecule has 0 saturated carbocycles. The van der Waals surface area contributed by atoms with Gasteiger partial charge in [-0.15, -0.1) is 0 Å². The van der Waals surface area contributed by atoms with E-state index in [0.29, 0.717) is 23.8 Å². The maximum atomic E-state index is 13.1. The summed E-state index contributed by atoms with van der Waals surface area (Å²) in [6, 6.07) is 13.6. The molecule has 1 aliphatic rings. The highest BCUT2D eigenvalue weighted by Crippen LogP contribution is 2.21. The number of nitrogens with zero attached hydrogens (tertiary/aromatic N) is 3. The minimum Gasteiger partial charge on any atom is -0.373 e. The number of carbonyl (C=O) groups excluding carboxylic acids is 1. The van der Waals surface area contributed by atoms with Crippen LogP contribution in [0, 0.1) is 24.1 Å². The number of hydrogen-bond acceptors (Lipinski definition) is 4. The van der Waals surface area contributed by atoms with E-state index in [1.807, 2.05) is 24.0 Å². The molecule has 2 aromatic rings. The fraction of sp³-hybridized carbons (Fsp3) is 0.238. The van der Waals surface area contributed by atoms with Crippen LogP contribution in [-0.2, 0) is 4.79 Å². The molecular weight excluding hydrogens is 379 g/mol. The van der Waals surface area contributed by atoms with Crippen molar-refractivity contribution in [3.05, 3.63) is 70.6 Å². The average molecular weight is 399 g/mol. The lowest BCUT2D eigenvalue weighted by molar-refractivity contribution is -0.112. The van der Waals surface area contributed by atoms with Crippen LogP contribution in [0.4, 0.5) is 15.8 Å². The van der Waals surface area contributed by atoms with E-state index in [1.165, 1.54) is 12.1 Å². The smallest absolute Gasteiger partial charge is 0.267 e. The standard InChI is InChI=1S/C21H20ClFN4O/c1-15-2-5-18(12-20(15)22)25-21(28)16(13-24)14-26-8-10-27(11-9-26)19-6-3-17(23)4-7-19/h2-7,12,14H,8-11H2,1H3,(H,25,28)/b16-14-. The lowest BCUT2D eigenvalue weighted by atomic mass is 10.2. The molecule has 144 valence electrons. The van der Waals surface area contributed by atoms with Crippen LogP contribution >= 0.6 is 11.6 Å². The molecule has 28 heavy (non-hydrogen) atoms. The van der Waals surface area contributed by atoms with Crippen molar-refractivity contribution in [2.45, 2.75) is 6.92 Å². The highest BCUT2D eigenvalue weighted by atomic mass is 35.5. The predicted molar refractivity (Wildman–Crippen MR) is 109 cm³/mol. The van der Waals surface area contributed by atoms with Gasteiger partial charge in [-0.2, -0.15) is 5.26 Å². The first-order valence-corrected chi connectivity index (χ1v) is 9.28. The van der Waals surface area contributed by atoms with Gasteiger partial charge >= 0.3 is 0 Å². The minimum atomic E-state index is -0.469. The third-order valence-corrected chi connectivity index (χ3v) is 5.02. The number of aryl methyl sites for hydroxylation is 1. The van der Waals surface area contributed by atoms with Crippen LogP contribution in [0.1, 0.15) is 5.56 Å². The highest BCUT2D eigenvalue weighted by Gasteiger charge is 2.18. The second-order valence-electron chi connectivity index (χ2n) is 6.57. The second-order valence-corrected chi connectivity index (χ2v) is 6.98. The molecular formula is C21H20ClFN4O. The number of benzene rings is 2. The first kappa shape index (κ1) is 19.7. The van der Waals surface area contributed by atoms with Crippen molar-refractivity contribution < 1.29 is 9.18 Å². The van der Waals surface area contributed by atoms with Gasteiger partial charge in [-0.25, -0.2) is 4.39 Å². The van der Waals surface area contributed by atoms with Gasteiger partial charge in [0, 0.05) is 48.8 Å². The summed E-state index contributed by atoms with van der Waals surface area (Å²) in [7, 11) is 0. The Kier molecular flexibility index (Phi) is 6.17. The normalized spacial score (nSPS) is 14.6. The summed E-state index contributed by atoms with van der Waals surface area (Å²) in [5.41, 5.74) is 2.45. The number of nitrogens with one attached hydrogen (secondary N) is 1. The van der Waals surface area contributed by atoms with Crippen LogP contribution < -0.4 is 10.2 Å². The van der Waals surface area contributed by atoms with Gasteiger partial charge in [-0.05, 0) is 48.9 Å². The van der Waals surface area contributed by atoms with Gasteiger partial charge in [0.2, 0.25) is 0 Å². The predicted octanol–water partition coefficient (Wildman–Crippen LogP) is 3.96. The summed E-state index contributed by atoms with van der Waals surface area (Å²) >= 11 is 6.07. The number of hydrogen-bond donors (Lipinski definition) is 1. The quantitative estimate of drug-likeness (QED) is 0.625. The van der Waals surface area contributed by atoms with Crippen LogP contribution in [0.5, 0.6) is 0 Å². The lowest BCUT2D eigenvalue weighted by Gasteiger charge is -2.35. The van der Waals surface area contributed by atoms with Gasteiger partial charge in [-0.3, -0.25) is 4.79 Å². The molecule has 7 heteroatoms. The molecule has 1 fully saturated rings. The molecule has 0 atom stereocenters. The van der Waals surface area contributed by atoms with E-state index in [0.717, 1.165) is 24.3 Å². The summed E-state index contributed by atoms with van der Waals surface area (Å²) in [4.78, 5) is 16.5. The number of carbonyl (C=O) groups is 1. The van der Waals surface area contributed by atoms with E-state index < -0.39 is 5.91 Å². The number of anilines is 2. The number of amides is 1. The van der Waals surface area contributed by atoms with Crippen molar-refractivity contribution in [3.8, 4) is 6.07 Å². The van der Waals surface area contributed by atoms with Crippen molar-refractivity contribution in [2.75, 3.05) is 36.4 Å². The largest absolute Gasteiger partial charge is 0.373 e. The number of nitriles is 1. The molecule has 0 aromatic heterocycles. The van der Waals surface area contributed by atoms with E-state index in [9.17, 15) is 14.4 Å². The van der Waals surface area contributed by atoms with Gasteiger partial charge in [0.1, 0.15) is 17.5 Å². The van der Waals surface area contributed by atoms with E-state index in [1.54, 1.807) is 30.5 Å². The van der Waals surface area contributed by atoms with Gasteiger partial charge in [-0.1, -0.05) is 17.7 Å². The molecule has 1 amide bonds. The average Bonchev–Trinajstić information content (AvgIpc) is 2.70.